The van der Waals surface area contributed by atoms with Gasteiger partial charge in [-0.05, 0) is 36.2 Å². The van der Waals surface area contributed by atoms with Gasteiger partial charge in [0.1, 0.15) is 5.60 Å². The molecule has 4 nitrogen and oxygen atoms in total. The van der Waals surface area contributed by atoms with E-state index in [1.165, 1.54) is 13.0 Å². The molecule has 0 amide bonds. The summed E-state index contributed by atoms with van der Waals surface area (Å²) >= 11 is 0. The molecule has 216 valence electrons. The molecule has 0 saturated heterocycles. The van der Waals surface area contributed by atoms with Gasteiger partial charge in [-0.2, -0.15) is 26.3 Å². The third-order valence-electron chi connectivity index (χ3n) is 6.64. The van der Waals surface area contributed by atoms with E-state index in [0.717, 1.165) is 41.5 Å². The highest BCUT2D eigenvalue weighted by atomic mass is 19.4. The van der Waals surface area contributed by atoms with Crippen molar-refractivity contribution in [3.63, 3.8) is 0 Å². The van der Waals surface area contributed by atoms with Gasteiger partial charge in [0.15, 0.2) is 5.69 Å². The number of pyridine rings is 1. The topological polar surface area (TPSA) is 57.2 Å². The van der Waals surface area contributed by atoms with E-state index < -0.39 is 34.8 Å². The molecule has 1 heterocycles. The quantitative estimate of drug-likeness (QED) is 0.142. The van der Waals surface area contributed by atoms with Crippen LogP contribution >= 0.6 is 0 Å². The van der Waals surface area contributed by atoms with Gasteiger partial charge in [-0.25, -0.2) is 4.98 Å². The van der Waals surface area contributed by atoms with Crippen molar-refractivity contribution in [1.82, 2.24) is 15.6 Å². The molecule has 0 saturated carbocycles. The number of hydrogen-bond acceptors (Lipinski definition) is 4. The zero-order valence-electron chi connectivity index (χ0n) is 22.1. The molecule has 3 N–H and O–H groups in total. The molecule has 0 aliphatic heterocycles. The van der Waals surface area contributed by atoms with E-state index in [0.29, 0.717) is 13.1 Å². The Morgan fingerprint density at radius 1 is 0.707 bits per heavy atom. The van der Waals surface area contributed by atoms with Crippen molar-refractivity contribution >= 4 is 0 Å². The Kier molecular flexibility index (Phi) is 9.16. The standard InChI is InChI=1S/C31H29F6N3O/c1-29(41,20-38-18-19-39-27(22-8-4-2-5-9-22)23-10-6-3-7-11-23)25-16-17-26(40-28(25)31(35,36)37)21-12-14-24(15-13-21)30(32,33)34/h2-17,27,38-39,41H,18-20H2,1H3/t29-/m0/s1. The second-order valence-electron chi connectivity index (χ2n) is 9.82. The largest absolute Gasteiger partial charge is 0.433 e. The van der Waals surface area contributed by atoms with Gasteiger partial charge in [0, 0.05) is 30.8 Å². The van der Waals surface area contributed by atoms with Gasteiger partial charge >= 0.3 is 12.4 Å². The summed E-state index contributed by atoms with van der Waals surface area (Å²) in [6.07, 6.45) is -9.47. The SMILES string of the molecule is C[C@](O)(CNCCNC(c1ccccc1)c1ccccc1)c1ccc(-c2ccc(C(F)(F)F)cc2)nc1C(F)(F)F. The fourth-order valence-corrected chi connectivity index (χ4v) is 4.55. The minimum absolute atomic E-state index is 0.0882. The van der Waals surface area contributed by atoms with E-state index in [4.69, 9.17) is 0 Å². The van der Waals surface area contributed by atoms with Crippen molar-refractivity contribution in [2.45, 2.75) is 30.9 Å². The van der Waals surface area contributed by atoms with E-state index in [2.05, 4.69) is 15.6 Å². The predicted octanol–water partition coefficient (Wildman–Crippen LogP) is 6.96. The number of nitrogens with one attached hydrogen (secondary N) is 2. The monoisotopic (exact) mass is 573 g/mol. The Morgan fingerprint density at radius 3 is 1.78 bits per heavy atom. The normalized spacial score (nSPS) is 13.8. The Hall–Kier alpha value is -3.73. The van der Waals surface area contributed by atoms with Crippen LogP contribution < -0.4 is 10.6 Å². The zero-order valence-corrected chi connectivity index (χ0v) is 22.1. The number of aliphatic hydroxyl groups is 1. The number of benzene rings is 3. The molecule has 0 fully saturated rings. The average Bonchev–Trinajstić information content (AvgIpc) is 2.95. The molecule has 4 aromatic rings. The second kappa shape index (κ2) is 12.4. The summed E-state index contributed by atoms with van der Waals surface area (Å²) in [7, 11) is 0. The Bertz CT molecular complexity index is 1370. The summed E-state index contributed by atoms with van der Waals surface area (Å²) in [4.78, 5) is 3.70. The molecule has 1 aromatic heterocycles. The molecule has 0 spiro atoms. The Balaban J connectivity index is 1.44. The summed E-state index contributed by atoms with van der Waals surface area (Å²) in [5.41, 5.74) is -2.55. The molecule has 41 heavy (non-hydrogen) atoms. The molecule has 0 radical (unpaired) electrons. The lowest BCUT2D eigenvalue weighted by Crippen LogP contribution is -2.40. The molecule has 10 heteroatoms. The van der Waals surface area contributed by atoms with Crippen LogP contribution in [-0.2, 0) is 18.0 Å². The molecule has 0 bridgehead atoms. The number of hydrogen-bond donors (Lipinski definition) is 3. The van der Waals surface area contributed by atoms with Crippen LogP contribution in [0.2, 0.25) is 0 Å². The number of alkyl halides is 6. The molecular weight excluding hydrogens is 544 g/mol. The fourth-order valence-electron chi connectivity index (χ4n) is 4.55. The minimum Gasteiger partial charge on any atom is -0.384 e. The lowest BCUT2D eigenvalue weighted by molar-refractivity contribution is -0.144. The Morgan fingerprint density at radius 2 is 1.27 bits per heavy atom. The van der Waals surface area contributed by atoms with Crippen LogP contribution in [0.25, 0.3) is 11.3 Å². The fraction of sp³-hybridized carbons (Fsp3) is 0.258. The maximum Gasteiger partial charge on any atom is 0.433 e. The number of aromatic nitrogens is 1. The van der Waals surface area contributed by atoms with E-state index in [9.17, 15) is 31.4 Å². The van der Waals surface area contributed by atoms with Crippen LogP contribution in [0.4, 0.5) is 26.3 Å². The van der Waals surface area contributed by atoms with E-state index >= 15 is 0 Å². The average molecular weight is 574 g/mol. The van der Waals surface area contributed by atoms with Crippen LogP contribution in [0.15, 0.2) is 97.1 Å². The highest BCUT2D eigenvalue weighted by Crippen LogP contribution is 2.37. The van der Waals surface area contributed by atoms with Gasteiger partial charge < -0.3 is 15.7 Å². The van der Waals surface area contributed by atoms with E-state index in [1.54, 1.807) is 0 Å². The number of halogens is 6. The van der Waals surface area contributed by atoms with Crippen LogP contribution in [-0.4, -0.2) is 29.7 Å². The first-order valence-corrected chi connectivity index (χ1v) is 12.9. The van der Waals surface area contributed by atoms with Crippen molar-refractivity contribution in [2.75, 3.05) is 19.6 Å². The van der Waals surface area contributed by atoms with Crippen molar-refractivity contribution in [1.29, 1.82) is 0 Å². The van der Waals surface area contributed by atoms with Crippen LogP contribution in [0, 0.1) is 0 Å². The van der Waals surface area contributed by atoms with Gasteiger partial charge in [-0.3, -0.25) is 0 Å². The van der Waals surface area contributed by atoms with Gasteiger partial charge in [0.2, 0.25) is 0 Å². The van der Waals surface area contributed by atoms with Crippen LogP contribution in [0.1, 0.15) is 40.9 Å². The molecule has 3 aromatic carbocycles. The third-order valence-corrected chi connectivity index (χ3v) is 6.64. The molecule has 1 atom stereocenters. The molecule has 0 aliphatic carbocycles. The summed E-state index contributed by atoms with van der Waals surface area (Å²) in [6.45, 7) is 1.88. The maximum absolute atomic E-state index is 14.0. The smallest absolute Gasteiger partial charge is 0.384 e. The molecular formula is C31H29F6N3O. The second-order valence-corrected chi connectivity index (χ2v) is 9.82. The van der Waals surface area contributed by atoms with Crippen LogP contribution in [0.3, 0.4) is 0 Å². The minimum atomic E-state index is -4.90. The molecule has 0 unspecified atom stereocenters. The first kappa shape index (κ1) is 30.2. The van der Waals surface area contributed by atoms with Gasteiger partial charge in [-0.1, -0.05) is 78.9 Å². The van der Waals surface area contributed by atoms with Crippen LogP contribution in [0.5, 0.6) is 0 Å². The van der Waals surface area contributed by atoms with Crippen molar-refractivity contribution in [3.8, 4) is 11.3 Å². The highest BCUT2D eigenvalue weighted by molar-refractivity contribution is 5.60. The maximum atomic E-state index is 14.0. The van der Waals surface area contributed by atoms with Gasteiger partial charge in [0.25, 0.3) is 0 Å². The lowest BCUT2D eigenvalue weighted by atomic mass is 9.93. The highest BCUT2D eigenvalue weighted by Gasteiger charge is 2.41. The summed E-state index contributed by atoms with van der Waals surface area (Å²) in [5.74, 6) is 0. The van der Waals surface area contributed by atoms with Gasteiger partial charge in [-0.15, -0.1) is 0 Å². The molecule has 0 aliphatic rings. The third kappa shape index (κ3) is 7.72. The van der Waals surface area contributed by atoms with Crippen molar-refractivity contribution in [2.24, 2.45) is 0 Å². The first-order chi connectivity index (χ1) is 19.4. The van der Waals surface area contributed by atoms with Gasteiger partial charge in [0.05, 0.1) is 17.3 Å². The molecule has 4 rings (SSSR count). The Labute approximate surface area is 234 Å². The summed E-state index contributed by atoms with van der Waals surface area (Å²) < 4.78 is 80.6. The first-order valence-electron chi connectivity index (χ1n) is 12.9. The zero-order chi connectivity index (χ0) is 29.7. The summed E-state index contributed by atoms with van der Waals surface area (Å²) in [6, 6.07) is 25.6. The number of nitrogens with zero attached hydrogens (tertiary/aromatic N) is 1. The van der Waals surface area contributed by atoms with Crippen molar-refractivity contribution < 1.29 is 31.4 Å². The summed E-state index contributed by atoms with van der Waals surface area (Å²) in [5, 5.41) is 17.5. The van der Waals surface area contributed by atoms with Crippen molar-refractivity contribution in [3.05, 3.63) is 125 Å². The lowest BCUT2D eigenvalue weighted by Gasteiger charge is -2.28. The van der Waals surface area contributed by atoms with E-state index in [1.807, 2.05) is 60.7 Å². The van der Waals surface area contributed by atoms with E-state index in [-0.39, 0.29) is 23.8 Å². The predicted molar refractivity (Wildman–Crippen MR) is 145 cm³/mol. The number of rotatable bonds is 10.